The highest BCUT2D eigenvalue weighted by atomic mass is 35.5. The zero-order valence-electron chi connectivity index (χ0n) is 18.2. The minimum atomic E-state index is -0.0728. The van der Waals surface area contributed by atoms with Gasteiger partial charge in [0.2, 0.25) is 0 Å². The van der Waals surface area contributed by atoms with E-state index in [2.05, 4.69) is 48.1 Å². The Morgan fingerprint density at radius 3 is 2.29 bits per heavy atom. The fourth-order valence-electron chi connectivity index (χ4n) is 4.12. The molecule has 3 aromatic rings. The molecule has 1 aromatic heterocycles. The first kappa shape index (κ1) is 22.0. The van der Waals surface area contributed by atoms with Crippen molar-refractivity contribution in [3.8, 4) is 0 Å². The number of amides is 1. The number of benzene rings is 2. The van der Waals surface area contributed by atoms with Gasteiger partial charge in [0.15, 0.2) is 0 Å². The maximum Gasteiger partial charge on any atom is 0.256 e. The molecule has 31 heavy (non-hydrogen) atoms. The van der Waals surface area contributed by atoms with Crippen LogP contribution in [0.4, 0.5) is 5.00 Å². The molecule has 1 unspecified atom stereocenters. The summed E-state index contributed by atoms with van der Waals surface area (Å²) in [6, 6.07) is 17.6. The molecule has 1 fully saturated rings. The van der Waals surface area contributed by atoms with Crippen LogP contribution in [-0.4, -0.2) is 48.9 Å². The number of halogens is 1. The fourth-order valence-corrected chi connectivity index (χ4v) is 5.33. The number of carbonyl (C=O) groups excluding carboxylic acids is 1. The number of carbonyl (C=O) groups is 1. The van der Waals surface area contributed by atoms with E-state index in [1.807, 2.05) is 42.5 Å². The zero-order valence-corrected chi connectivity index (χ0v) is 19.8. The van der Waals surface area contributed by atoms with Crippen molar-refractivity contribution in [2.24, 2.45) is 0 Å². The molecular weight excluding hydrogens is 426 g/mol. The Balaban J connectivity index is 1.75. The Bertz CT molecular complexity index is 1040. The van der Waals surface area contributed by atoms with Crippen molar-refractivity contribution >= 4 is 33.8 Å². The van der Waals surface area contributed by atoms with Crippen LogP contribution in [0.1, 0.15) is 38.0 Å². The average molecular weight is 454 g/mol. The average Bonchev–Trinajstić information content (AvgIpc) is 3.05. The van der Waals surface area contributed by atoms with E-state index in [9.17, 15) is 4.79 Å². The largest absolute Gasteiger partial charge is 0.313 e. The van der Waals surface area contributed by atoms with Crippen molar-refractivity contribution in [1.82, 2.24) is 9.80 Å². The lowest BCUT2D eigenvalue weighted by atomic mass is 9.94. The van der Waals surface area contributed by atoms with Crippen molar-refractivity contribution in [1.29, 1.82) is 0 Å². The number of hydrogen-bond donors (Lipinski definition) is 1. The summed E-state index contributed by atoms with van der Waals surface area (Å²) < 4.78 is 0. The van der Waals surface area contributed by atoms with Crippen molar-refractivity contribution in [3.63, 3.8) is 0 Å². The maximum atomic E-state index is 13.0. The summed E-state index contributed by atoms with van der Waals surface area (Å²) >= 11 is 7.85. The van der Waals surface area contributed by atoms with E-state index in [4.69, 9.17) is 11.6 Å². The van der Waals surface area contributed by atoms with Gasteiger partial charge < -0.3 is 10.2 Å². The lowest BCUT2D eigenvalue weighted by Gasteiger charge is -2.39. The molecule has 4 nitrogen and oxygen atoms in total. The Morgan fingerprint density at radius 1 is 1.00 bits per heavy atom. The molecule has 1 aliphatic rings. The Kier molecular flexibility index (Phi) is 6.77. The van der Waals surface area contributed by atoms with Crippen LogP contribution in [0.3, 0.4) is 0 Å². The minimum Gasteiger partial charge on any atom is -0.313 e. The second-order valence-corrected chi connectivity index (χ2v) is 9.80. The van der Waals surface area contributed by atoms with E-state index >= 15 is 0 Å². The van der Waals surface area contributed by atoms with Gasteiger partial charge in [0.1, 0.15) is 5.00 Å². The van der Waals surface area contributed by atoms with Gasteiger partial charge in [0.05, 0.1) is 6.04 Å². The van der Waals surface area contributed by atoms with E-state index < -0.39 is 0 Å². The molecule has 0 spiro atoms. The molecule has 1 N–H and O–H groups in total. The van der Waals surface area contributed by atoms with Crippen LogP contribution >= 0.6 is 22.9 Å². The molecule has 4 rings (SSSR count). The van der Waals surface area contributed by atoms with Gasteiger partial charge in [-0.3, -0.25) is 9.69 Å². The standard InChI is InChI=1S/C25H28ClN3OS/c1-17-18(2)31-25(27-24(30)20-7-5-4-6-8-20)22(17)23(19-9-11-21(26)12-10-19)29-15-13-28(3)14-16-29/h4-12,23H,13-16H2,1-3H3,(H,27,30). The Hall–Kier alpha value is -2.18. The summed E-state index contributed by atoms with van der Waals surface area (Å²) in [6.45, 7) is 8.30. The monoisotopic (exact) mass is 453 g/mol. The zero-order chi connectivity index (χ0) is 22.0. The molecule has 6 heteroatoms. The van der Waals surface area contributed by atoms with Gasteiger partial charge >= 0.3 is 0 Å². The smallest absolute Gasteiger partial charge is 0.256 e. The number of thiophene rings is 1. The quantitative estimate of drug-likeness (QED) is 0.545. The number of piperazine rings is 1. The van der Waals surface area contributed by atoms with Gasteiger partial charge in [0, 0.05) is 47.2 Å². The molecule has 0 saturated carbocycles. The number of nitrogens with zero attached hydrogens (tertiary/aromatic N) is 2. The summed E-state index contributed by atoms with van der Waals surface area (Å²) in [5.74, 6) is -0.0728. The molecule has 2 heterocycles. The number of aryl methyl sites for hydroxylation is 1. The molecule has 0 radical (unpaired) electrons. The molecule has 1 amide bonds. The third-order valence-corrected chi connectivity index (χ3v) is 7.45. The molecule has 2 aromatic carbocycles. The van der Waals surface area contributed by atoms with Gasteiger partial charge in [-0.15, -0.1) is 11.3 Å². The second kappa shape index (κ2) is 9.53. The van der Waals surface area contributed by atoms with Crippen molar-refractivity contribution < 1.29 is 4.79 Å². The molecule has 1 aliphatic heterocycles. The van der Waals surface area contributed by atoms with Gasteiger partial charge in [-0.1, -0.05) is 41.9 Å². The number of nitrogens with one attached hydrogen (secondary N) is 1. The normalized spacial score (nSPS) is 16.3. The van der Waals surface area contributed by atoms with E-state index in [1.165, 1.54) is 21.6 Å². The third-order valence-electron chi connectivity index (χ3n) is 6.06. The van der Waals surface area contributed by atoms with E-state index in [1.54, 1.807) is 11.3 Å². The molecule has 162 valence electrons. The lowest BCUT2D eigenvalue weighted by molar-refractivity contribution is 0.102. The van der Waals surface area contributed by atoms with Gasteiger partial charge in [0.25, 0.3) is 5.91 Å². The number of rotatable bonds is 5. The summed E-state index contributed by atoms with van der Waals surface area (Å²) in [7, 11) is 2.17. The van der Waals surface area contributed by atoms with Crippen LogP contribution in [0.25, 0.3) is 0 Å². The van der Waals surface area contributed by atoms with Crippen molar-refractivity contribution in [3.05, 3.63) is 86.8 Å². The highest BCUT2D eigenvalue weighted by Crippen LogP contribution is 2.42. The number of likely N-dealkylation sites (N-methyl/N-ethyl adjacent to an activating group) is 1. The predicted molar refractivity (Wildman–Crippen MR) is 131 cm³/mol. The molecular formula is C25H28ClN3OS. The van der Waals surface area contributed by atoms with E-state index in [0.717, 1.165) is 36.2 Å². The first-order valence-corrected chi connectivity index (χ1v) is 11.8. The van der Waals surface area contributed by atoms with E-state index in [0.29, 0.717) is 5.56 Å². The number of anilines is 1. The van der Waals surface area contributed by atoms with Gasteiger partial charge in [-0.25, -0.2) is 0 Å². The third kappa shape index (κ3) is 4.85. The van der Waals surface area contributed by atoms with Crippen LogP contribution in [-0.2, 0) is 0 Å². The summed E-state index contributed by atoms with van der Waals surface area (Å²) in [4.78, 5) is 19.1. The second-order valence-electron chi connectivity index (χ2n) is 8.14. The summed E-state index contributed by atoms with van der Waals surface area (Å²) in [5, 5.41) is 4.88. The highest BCUT2D eigenvalue weighted by Gasteiger charge is 2.31. The highest BCUT2D eigenvalue weighted by molar-refractivity contribution is 7.16. The van der Waals surface area contributed by atoms with Crippen LogP contribution in [0, 0.1) is 13.8 Å². The topological polar surface area (TPSA) is 35.6 Å². The first-order valence-electron chi connectivity index (χ1n) is 10.6. The van der Waals surface area contributed by atoms with Crippen molar-refractivity contribution in [2.75, 3.05) is 38.5 Å². The first-order chi connectivity index (χ1) is 14.9. The van der Waals surface area contributed by atoms with Crippen LogP contribution in [0.5, 0.6) is 0 Å². The molecule has 0 bridgehead atoms. The van der Waals surface area contributed by atoms with Crippen LogP contribution in [0.15, 0.2) is 54.6 Å². The van der Waals surface area contributed by atoms with Crippen LogP contribution < -0.4 is 5.32 Å². The fraction of sp³-hybridized carbons (Fsp3) is 0.320. The van der Waals surface area contributed by atoms with Crippen LogP contribution in [0.2, 0.25) is 5.02 Å². The van der Waals surface area contributed by atoms with Gasteiger partial charge in [-0.05, 0) is 56.3 Å². The Morgan fingerprint density at radius 2 is 1.65 bits per heavy atom. The number of hydrogen-bond acceptors (Lipinski definition) is 4. The predicted octanol–water partition coefficient (Wildman–Crippen LogP) is 5.61. The SMILES string of the molecule is Cc1sc(NC(=O)c2ccccc2)c(C(c2ccc(Cl)cc2)N2CCN(C)CC2)c1C. The summed E-state index contributed by atoms with van der Waals surface area (Å²) in [6.07, 6.45) is 0. The molecule has 1 saturated heterocycles. The Labute approximate surface area is 193 Å². The maximum absolute atomic E-state index is 13.0. The van der Waals surface area contributed by atoms with Crippen molar-refractivity contribution in [2.45, 2.75) is 19.9 Å². The van der Waals surface area contributed by atoms with E-state index in [-0.39, 0.29) is 11.9 Å². The summed E-state index contributed by atoms with van der Waals surface area (Å²) in [5.41, 5.74) is 4.30. The van der Waals surface area contributed by atoms with Gasteiger partial charge in [-0.2, -0.15) is 0 Å². The minimum absolute atomic E-state index is 0.0713. The molecule has 1 atom stereocenters. The lowest BCUT2D eigenvalue weighted by Crippen LogP contribution is -2.46. The molecule has 0 aliphatic carbocycles.